The van der Waals surface area contributed by atoms with Gasteiger partial charge in [-0.1, -0.05) is 50.3 Å². The number of rotatable bonds is 6. The highest BCUT2D eigenvalue weighted by Gasteiger charge is 2.40. The molecule has 5 heteroatoms. The number of benzene rings is 1. The molecule has 0 bridgehead atoms. The number of hydrogen-bond acceptors (Lipinski definition) is 2. The molecule has 0 unspecified atom stereocenters. The molecule has 3 amide bonds. The Bertz CT molecular complexity index is 548. The molecule has 24 heavy (non-hydrogen) atoms. The molecule has 1 aliphatic rings. The molecule has 1 saturated carbocycles. The van der Waals surface area contributed by atoms with Gasteiger partial charge in [0.05, 0.1) is 0 Å². The smallest absolute Gasteiger partial charge is 0.320 e. The number of aryl methyl sites for hydroxylation is 1. The van der Waals surface area contributed by atoms with Crippen LogP contribution in [0.1, 0.15) is 57.4 Å². The van der Waals surface area contributed by atoms with Gasteiger partial charge in [0.1, 0.15) is 5.54 Å². The molecule has 132 valence electrons. The molecule has 0 atom stereocenters. The van der Waals surface area contributed by atoms with Crippen LogP contribution in [0, 0.1) is 6.92 Å². The molecule has 1 aromatic rings. The molecule has 5 nitrogen and oxygen atoms in total. The minimum Gasteiger partial charge on any atom is -0.354 e. The van der Waals surface area contributed by atoms with Gasteiger partial charge in [-0.2, -0.15) is 0 Å². The Morgan fingerprint density at radius 2 is 1.75 bits per heavy atom. The first kappa shape index (κ1) is 18.3. The van der Waals surface area contributed by atoms with Crippen molar-refractivity contribution in [3.05, 3.63) is 29.8 Å². The van der Waals surface area contributed by atoms with Gasteiger partial charge >= 0.3 is 6.03 Å². The Morgan fingerprint density at radius 3 is 2.38 bits per heavy atom. The van der Waals surface area contributed by atoms with Crippen molar-refractivity contribution in [3.8, 4) is 0 Å². The van der Waals surface area contributed by atoms with Gasteiger partial charge in [-0.3, -0.25) is 4.79 Å². The molecule has 0 aromatic heterocycles. The number of urea groups is 1. The van der Waals surface area contributed by atoms with Crippen molar-refractivity contribution in [1.82, 2.24) is 10.6 Å². The van der Waals surface area contributed by atoms with Crippen LogP contribution in [-0.4, -0.2) is 24.0 Å². The lowest BCUT2D eigenvalue weighted by molar-refractivity contribution is -0.128. The van der Waals surface area contributed by atoms with Gasteiger partial charge in [0, 0.05) is 12.2 Å². The number of hydrogen-bond donors (Lipinski definition) is 3. The second-order valence-electron chi connectivity index (χ2n) is 6.70. The van der Waals surface area contributed by atoms with Crippen LogP contribution in [0.2, 0.25) is 0 Å². The molecule has 0 heterocycles. The summed E-state index contributed by atoms with van der Waals surface area (Å²) >= 11 is 0. The first-order valence-corrected chi connectivity index (χ1v) is 9.00. The highest BCUT2D eigenvalue weighted by Crippen LogP contribution is 2.28. The summed E-state index contributed by atoms with van der Waals surface area (Å²) in [6.45, 7) is 4.76. The molecule has 1 aromatic carbocycles. The van der Waals surface area contributed by atoms with Crippen molar-refractivity contribution in [2.24, 2.45) is 0 Å². The van der Waals surface area contributed by atoms with Crippen LogP contribution in [-0.2, 0) is 4.79 Å². The van der Waals surface area contributed by atoms with E-state index in [4.69, 9.17) is 0 Å². The summed E-state index contributed by atoms with van der Waals surface area (Å²) in [5.41, 5.74) is 1.09. The van der Waals surface area contributed by atoms with Crippen LogP contribution in [0.4, 0.5) is 10.5 Å². The van der Waals surface area contributed by atoms with E-state index in [2.05, 4.69) is 22.9 Å². The van der Waals surface area contributed by atoms with Gasteiger partial charge < -0.3 is 16.0 Å². The molecule has 1 aliphatic carbocycles. The third-order valence-electron chi connectivity index (χ3n) is 4.62. The maximum absolute atomic E-state index is 12.7. The summed E-state index contributed by atoms with van der Waals surface area (Å²) in [6, 6.07) is 7.31. The van der Waals surface area contributed by atoms with E-state index in [1.165, 1.54) is 0 Å². The number of amides is 3. The second-order valence-corrected chi connectivity index (χ2v) is 6.70. The van der Waals surface area contributed by atoms with Gasteiger partial charge in [0.15, 0.2) is 0 Å². The van der Waals surface area contributed by atoms with Crippen LogP contribution < -0.4 is 16.0 Å². The van der Waals surface area contributed by atoms with Crippen LogP contribution in [0.25, 0.3) is 0 Å². The maximum Gasteiger partial charge on any atom is 0.320 e. The van der Waals surface area contributed by atoms with Crippen molar-refractivity contribution in [2.75, 3.05) is 11.9 Å². The first-order valence-electron chi connectivity index (χ1n) is 9.00. The third kappa shape index (κ3) is 4.98. The fraction of sp³-hybridized carbons (Fsp3) is 0.579. The van der Waals surface area contributed by atoms with Crippen molar-refractivity contribution >= 4 is 17.6 Å². The zero-order valence-electron chi connectivity index (χ0n) is 14.8. The van der Waals surface area contributed by atoms with E-state index in [0.29, 0.717) is 19.4 Å². The zero-order chi connectivity index (χ0) is 17.4. The monoisotopic (exact) mass is 331 g/mol. The number of anilines is 1. The standard InChI is InChI=1S/C19H29N3O2/c1-3-4-14-20-17(23)19(12-6-5-7-13-19)22-18(24)21-16-10-8-15(2)9-11-16/h8-11H,3-7,12-14H2,1-2H3,(H,20,23)(H2,21,22,24). The molecular weight excluding hydrogens is 302 g/mol. The molecule has 0 aliphatic heterocycles. The zero-order valence-corrected chi connectivity index (χ0v) is 14.8. The number of nitrogens with one attached hydrogen (secondary N) is 3. The largest absolute Gasteiger partial charge is 0.354 e. The predicted molar refractivity (Wildman–Crippen MR) is 97.1 cm³/mol. The molecule has 0 radical (unpaired) electrons. The molecule has 0 saturated heterocycles. The lowest BCUT2D eigenvalue weighted by Gasteiger charge is -2.36. The minimum atomic E-state index is -0.777. The number of carbonyl (C=O) groups is 2. The Hall–Kier alpha value is -2.04. The summed E-state index contributed by atoms with van der Waals surface area (Å²) in [6.07, 6.45) is 6.44. The Labute approximate surface area is 144 Å². The molecule has 2 rings (SSSR count). The summed E-state index contributed by atoms with van der Waals surface area (Å²) in [5.74, 6) is -0.0466. The van der Waals surface area contributed by atoms with E-state index >= 15 is 0 Å². The molecule has 0 spiro atoms. The van der Waals surface area contributed by atoms with Crippen molar-refractivity contribution in [3.63, 3.8) is 0 Å². The molecule has 3 N–H and O–H groups in total. The summed E-state index contributed by atoms with van der Waals surface area (Å²) in [7, 11) is 0. The highest BCUT2D eigenvalue weighted by atomic mass is 16.2. The fourth-order valence-electron chi connectivity index (χ4n) is 3.13. The van der Waals surface area contributed by atoms with Gasteiger partial charge in [-0.15, -0.1) is 0 Å². The van der Waals surface area contributed by atoms with Crippen LogP contribution in [0.5, 0.6) is 0 Å². The van der Waals surface area contributed by atoms with E-state index < -0.39 is 5.54 Å². The quantitative estimate of drug-likeness (QED) is 0.695. The van der Waals surface area contributed by atoms with Crippen LogP contribution in [0.3, 0.4) is 0 Å². The van der Waals surface area contributed by atoms with E-state index in [9.17, 15) is 9.59 Å². The predicted octanol–water partition coefficient (Wildman–Crippen LogP) is 3.74. The highest BCUT2D eigenvalue weighted by molar-refractivity contribution is 5.96. The Balaban J connectivity index is 2.00. The summed E-state index contributed by atoms with van der Waals surface area (Å²) in [5, 5.41) is 8.78. The van der Waals surface area contributed by atoms with Gasteiger partial charge in [0.2, 0.25) is 5.91 Å². The van der Waals surface area contributed by atoms with Crippen LogP contribution >= 0.6 is 0 Å². The first-order chi connectivity index (χ1) is 11.6. The van der Waals surface area contributed by atoms with Gasteiger partial charge in [-0.05, 0) is 38.3 Å². The topological polar surface area (TPSA) is 70.2 Å². The minimum absolute atomic E-state index is 0.0466. The maximum atomic E-state index is 12.7. The number of carbonyl (C=O) groups excluding carboxylic acids is 2. The van der Waals surface area contributed by atoms with E-state index in [0.717, 1.165) is 43.4 Å². The Morgan fingerprint density at radius 1 is 1.08 bits per heavy atom. The van der Waals surface area contributed by atoms with E-state index in [1.54, 1.807) is 0 Å². The Kier molecular flexibility index (Phi) is 6.64. The van der Waals surface area contributed by atoms with Crippen LogP contribution in [0.15, 0.2) is 24.3 Å². The number of unbranched alkanes of at least 4 members (excludes halogenated alkanes) is 1. The second kappa shape index (κ2) is 8.71. The van der Waals surface area contributed by atoms with E-state index in [-0.39, 0.29) is 11.9 Å². The summed E-state index contributed by atoms with van der Waals surface area (Å²) < 4.78 is 0. The average Bonchev–Trinajstić information content (AvgIpc) is 2.58. The SMILES string of the molecule is CCCCNC(=O)C1(NC(=O)Nc2ccc(C)cc2)CCCCC1. The van der Waals surface area contributed by atoms with Crippen molar-refractivity contribution in [1.29, 1.82) is 0 Å². The third-order valence-corrected chi connectivity index (χ3v) is 4.62. The fourth-order valence-corrected chi connectivity index (χ4v) is 3.13. The summed E-state index contributed by atoms with van der Waals surface area (Å²) in [4.78, 5) is 25.1. The van der Waals surface area contributed by atoms with Gasteiger partial charge in [0.25, 0.3) is 0 Å². The molecular formula is C19H29N3O2. The lowest BCUT2D eigenvalue weighted by atomic mass is 9.81. The van der Waals surface area contributed by atoms with Crippen molar-refractivity contribution < 1.29 is 9.59 Å². The lowest BCUT2D eigenvalue weighted by Crippen LogP contribution is -2.60. The van der Waals surface area contributed by atoms with Gasteiger partial charge in [-0.25, -0.2) is 4.79 Å². The average molecular weight is 331 g/mol. The molecule has 1 fully saturated rings. The van der Waals surface area contributed by atoms with E-state index in [1.807, 2.05) is 31.2 Å². The van der Waals surface area contributed by atoms with Crippen molar-refractivity contribution in [2.45, 2.75) is 64.3 Å². The normalized spacial score (nSPS) is 16.2.